The van der Waals surface area contributed by atoms with Gasteiger partial charge in [-0.2, -0.15) is 0 Å². The first-order chi connectivity index (χ1) is 17.4. The Morgan fingerprint density at radius 1 is 0.622 bits per heavy atom. The van der Waals surface area contributed by atoms with E-state index in [0.717, 1.165) is 0 Å². The first kappa shape index (κ1) is 29.4. The Bertz CT molecular complexity index is 926. The zero-order chi connectivity index (χ0) is 27.6. The highest BCUT2D eigenvalue weighted by molar-refractivity contribution is 6.02. The lowest BCUT2D eigenvalue weighted by atomic mass is 10.1. The molecule has 2 aliphatic heterocycles. The lowest BCUT2D eigenvalue weighted by Gasteiger charge is -2.24. The third-order valence-corrected chi connectivity index (χ3v) is 4.88. The molecule has 0 bridgehead atoms. The summed E-state index contributed by atoms with van der Waals surface area (Å²) in [4.78, 5) is 102. The smallest absolute Gasteiger partial charge is 0.333 e. The van der Waals surface area contributed by atoms with Crippen molar-refractivity contribution in [3.63, 3.8) is 0 Å². The number of esters is 2. The van der Waals surface area contributed by atoms with E-state index in [2.05, 4.69) is 9.68 Å². The van der Waals surface area contributed by atoms with E-state index in [9.17, 15) is 38.4 Å². The van der Waals surface area contributed by atoms with E-state index in [1.165, 1.54) is 0 Å². The lowest BCUT2D eigenvalue weighted by molar-refractivity contribution is -0.197. The molecule has 0 atom stereocenters. The van der Waals surface area contributed by atoms with E-state index in [4.69, 9.17) is 14.2 Å². The molecule has 0 aliphatic carbocycles. The predicted octanol–water partition coefficient (Wildman–Crippen LogP) is -0.357. The molecule has 0 aromatic heterocycles. The van der Waals surface area contributed by atoms with Crippen molar-refractivity contribution >= 4 is 47.5 Å². The number of imide groups is 2. The zero-order valence-electron chi connectivity index (χ0n) is 20.5. The summed E-state index contributed by atoms with van der Waals surface area (Å²) >= 11 is 0. The molecule has 0 N–H and O–H groups in total. The van der Waals surface area contributed by atoms with Crippen LogP contribution in [0.3, 0.4) is 0 Å². The van der Waals surface area contributed by atoms with Crippen molar-refractivity contribution in [2.75, 3.05) is 19.8 Å². The molecule has 2 heterocycles. The average Bonchev–Trinajstić information content (AvgIpc) is 3.33. The fourth-order valence-corrected chi connectivity index (χ4v) is 2.93. The molecule has 0 spiro atoms. The van der Waals surface area contributed by atoms with E-state index >= 15 is 0 Å². The number of carbonyl (C=O) groups is 8. The van der Waals surface area contributed by atoms with Gasteiger partial charge < -0.3 is 23.9 Å². The van der Waals surface area contributed by atoms with Crippen LogP contribution in [0.4, 0.5) is 0 Å². The second kappa shape index (κ2) is 13.4. The Morgan fingerprint density at radius 3 is 1.43 bits per heavy atom. The minimum atomic E-state index is -0.963. The maximum absolute atomic E-state index is 11.9. The predicted molar refractivity (Wildman–Crippen MR) is 115 cm³/mol. The number of carbonyl (C=O) groups excluding carboxylic acids is 8. The van der Waals surface area contributed by atoms with Crippen LogP contribution in [0.25, 0.3) is 0 Å². The van der Waals surface area contributed by atoms with Gasteiger partial charge in [0.2, 0.25) is 0 Å². The Balaban J connectivity index is 1.54. The van der Waals surface area contributed by atoms with Gasteiger partial charge in [0, 0.05) is 25.7 Å². The number of nitrogens with zero attached hydrogens (tertiary/aromatic N) is 2. The minimum Gasteiger partial charge on any atom is -0.463 e. The maximum atomic E-state index is 11.9. The van der Waals surface area contributed by atoms with E-state index in [-0.39, 0.29) is 58.3 Å². The van der Waals surface area contributed by atoms with Crippen LogP contribution in [0.1, 0.15) is 65.2 Å². The second-order valence-corrected chi connectivity index (χ2v) is 8.58. The van der Waals surface area contributed by atoms with Gasteiger partial charge in [-0.15, -0.1) is 10.1 Å². The van der Waals surface area contributed by atoms with Crippen LogP contribution in [0.15, 0.2) is 0 Å². The average molecular weight is 528 g/mol. The van der Waals surface area contributed by atoms with Crippen LogP contribution in [-0.4, -0.2) is 83.1 Å². The highest BCUT2D eigenvalue weighted by atomic mass is 16.7. The Morgan fingerprint density at radius 2 is 1.00 bits per heavy atom. The molecule has 2 rings (SSSR count). The van der Waals surface area contributed by atoms with Gasteiger partial charge in [-0.3, -0.25) is 28.8 Å². The molecule has 15 heteroatoms. The third kappa shape index (κ3) is 9.95. The molecular formula is C22H28N2O13. The summed E-state index contributed by atoms with van der Waals surface area (Å²) < 4.78 is 15.5. The summed E-state index contributed by atoms with van der Waals surface area (Å²) in [6.07, 6.45) is -1.62. The number of amides is 4. The molecule has 15 nitrogen and oxygen atoms in total. The number of rotatable bonds is 14. The van der Waals surface area contributed by atoms with Gasteiger partial charge in [-0.25, -0.2) is 9.59 Å². The fourth-order valence-electron chi connectivity index (χ4n) is 2.93. The highest BCUT2D eigenvalue weighted by Gasteiger charge is 2.34. The number of hydrogen-bond donors (Lipinski definition) is 0. The molecule has 0 aromatic carbocycles. The minimum absolute atomic E-state index is 0.0382. The zero-order valence-corrected chi connectivity index (χ0v) is 20.5. The number of hydrogen-bond acceptors (Lipinski definition) is 13. The largest absolute Gasteiger partial charge is 0.463 e. The van der Waals surface area contributed by atoms with Crippen LogP contribution in [-0.2, 0) is 62.2 Å². The Hall–Kier alpha value is -3.88. The second-order valence-electron chi connectivity index (χ2n) is 8.58. The monoisotopic (exact) mass is 528 g/mol. The molecule has 2 aliphatic rings. The number of ether oxygens (including phenoxy) is 3. The molecule has 0 unspecified atom stereocenters. The van der Waals surface area contributed by atoms with Crippen molar-refractivity contribution in [2.24, 2.45) is 0 Å². The molecule has 204 valence electrons. The quantitative estimate of drug-likeness (QED) is 0.162. The van der Waals surface area contributed by atoms with Crippen LogP contribution < -0.4 is 0 Å². The highest BCUT2D eigenvalue weighted by Crippen LogP contribution is 2.15. The van der Waals surface area contributed by atoms with E-state index in [1.54, 1.807) is 13.8 Å². The molecule has 2 saturated heterocycles. The molecule has 0 aromatic rings. The van der Waals surface area contributed by atoms with Gasteiger partial charge in [-0.1, -0.05) is 0 Å². The first-order valence-electron chi connectivity index (χ1n) is 11.5. The van der Waals surface area contributed by atoms with Gasteiger partial charge >= 0.3 is 23.9 Å². The summed E-state index contributed by atoms with van der Waals surface area (Å²) in [6.45, 7) is 2.82. The third-order valence-electron chi connectivity index (χ3n) is 4.88. The standard InChI is InChI=1S/C22H28N2O13/c1-22(2,13-34-19(30)8-10-21(32)37-24-16(27)5-6-17(24)28)35-12-11-33-18(29)7-9-20(31)36-23-14(25)3-4-15(23)26/h3-13H2,1-2H3. The molecule has 0 radical (unpaired) electrons. The molecule has 37 heavy (non-hydrogen) atoms. The van der Waals surface area contributed by atoms with E-state index in [1.807, 2.05) is 0 Å². The van der Waals surface area contributed by atoms with E-state index in [0.29, 0.717) is 10.1 Å². The summed E-state index contributed by atoms with van der Waals surface area (Å²) in [5.41, 5.74) is -0.963. The number of hydroxylamine groups is 4. The SMILES string of the molecule is CC(C)(COC(=O)CCC(=O)ON1C(=O)CCC1=O)OCCOC(=O)CCC(=O)ON1C(=O)CCC1=O. The molecule has 2 fully saturated rings. The van der Waals surface area contributed by atoms with Gasteiger partial charge in [0.1, 0.15) is 13.2 Å². The summed E-state index contributed by atoms with van der Waals surface area (Å²) in [7, 11) is 0. The van der Waals surface area contributed by atoms with Gasteiger partial charge in [0.15, 0.2) is 0 Å². The summed E-state index contributed by atoms with van der Waals surface area (Å²) in [5.74, 6) is -5.81. The maximum Gasteiger partial charge on any atom is 0.333 e. The Kier molecular flexibility index (Phi) is 10.7. The van der Waals surface area contributed by atoms with Gasteiger partial charge in [0.05, 0.1) is 37.9 Å². The van der Waals surface area contributed by atoms with Crippen molar-refractivity contribution in [3.05, 3.63) is 0 Å². The molecule has 4 amide bonds. The van der Waals surface area contributed by atoms with Crippen molar-refractivity contribution in [3.8, 4) is 0 Å². The first-order valence-corrected chi connectivity index (χ1v) is 11.5. The fraction of sp³-hybridized carbons (Fsp3) is 0.636. The topological polar surface area (TPSA) is 189 Å². The van der Waals surface area contributed by atoms with Gasteiger partial charge in [0.25, 0.3) is 23.6 Å². The van der Waals surface area contributed by atoms with Crippen molar-refractivity contribution in [1.82, 2.24) is 10.1 Å². The van der Waals surface area contributed by atoms with Crippen molar-refractivity contribution in [2.45, 2.75) is 70.8 Å². The summed E-state index contributed by atoms with van der Waals surface area (Å²) in [6, 6.07) is 0. The van der Waals surface area contributed by atoms with Crippen LogP contribution in [0, 0.1) is 0 Å². The van der Waals surface area contributed by atoms with E-state index < -0.39 is 65.9 Å². The van der Waals surface area contributed by atoms with Crippen molar-refractivity contribution < 1.29 is 62.2 Å². The summed E-state index contributed by atoms with van der Waals surface area (Å²) in [5, 5.41) is 0.781. The van der Waals surface area contributed by atoms with Crippen LogP contribution >= 0.6 is 0 Å². The lowest BCUT2D eigenvalue weighted by Crippen LogP contribution is -2.34. The van der Waals surface area contributed by atoms with Crippen LogP contribution in [0.2, 0.25) is 0 Å². The van der Waals surface area contributed by atoms with Gasteiger partial charge in [-0.05, 0) is 13.8 Å². The Labute approximate surface area is 211 Å². The molecular weight excluding hydrogens is 500 g/mol. The van der Waals surface area contributed by atoms with Crippen LogP contribution in [0.5, 0.6) is 0 Å². The molecule has 0 saturated carbocycles. The normalized spacial score (nSPS) is 15.7. The van der Waals surface area contributed by atoms with Crippen molar-refractivity contribution in [1.29, 1.82) is 0 Å².